The Labute approximate surface area is 162 Å². The lowest BCUT2D eigenvalue weighted by Crippen LogP contribution is -2.29. The second-order valence-corrected chi connectivity index (χ2v) is 8.05. The van der Waals surface area contributed by atoms with Crippen molar-refractivity contribution in [2.45, 2.75) is 32.3 Å². The minimum atomic E-state index is -0.519. The summed E-state index contributed by atoms with van der Waals surface area (Å²) in [6.45, 7) is 3.03. The van der Waals surface area contributed by atoms with E-state index in [0.717, 1.165) is 40.7 Å². The fourth-order valence-electron chi connectivity index (χ4n) is 3.74. The van der Waals surface area contributed by atoms with Gasteiger partial charge in [-0.15, -0.1) is 11.3 Å². The largest absolute Gasteiger partial charge is 0.391 e. The number of para-hydroxylation sites is 1. The summed E-state index contributed by atoms with van der Waals surface area (Å²) in [4.78, 5) is 23.4. The molecule has 4 rings (SSSR count). The van der Waals surface area contributed by atoms with Crippen molar-refractivity contribution in [3.05, 3.63) is 58.2 Å². The number of β-amino-alcohol motifs (C(OH)–C–C–N with tert-alkyl or cyclic N) is 1. The molecule has 140 valence electrons. The van der Waals surface area contributed by atoms with Gasteiger partial charge >= 0.3 is 0 Å². The Hall–Kier alpha value is -2.31. The van der Waals surface area contributed by atoms with Crippen LogP contribution in [0.15, 0.2) is 41.9 Å². The Morgan fingerprint density at radius 3 is 3.00 bits per heavy atom. The number of amides is 1. The first kappa shape index (κ1) is 18.1. The molecule has 0 saturated carbocycles. The van der Waals surface area contributed by atoms with E-state index in [1.54, 1.807) is 4.90 Å². The van der Waals surface area contributed by atoms with Crippen LogP contribution in [-0.4, -0.2) is 45.1 Å². The van der Waals surface area contributed by atoms with Crippen LogP contribution in [0.2, 0.25) is 0 Å². The number of benzene rings is 1. The summed E-state index contributed by atoms with van der Waals surface area (Å²) >= 11 is 1.54. The van der Waals surface area contributed by atoms with Crippen LogP contribution in [0.4, 0.5) is 0 Å². The number of thiazole rings is 1. The number of aliphatic hydroxyl groups is 1. The highest BCUT2D eigenvalue weighted by atomic mass is 32.1. The van der Waals surface area contributed by atoms with Gasteiger partial charge in [0, 0.05) is 36.0 Å². The van der Waals surface area contributed by atoms with Crippen molar-refractivity contribution in [1.82, 2.24) is 14.9 Å². The summed E-state index contributed by atoms with van der Waals surface area (Å²) in [5.74, 6) is -0.0526. The molecule has 0 aliphatic carbocycles. The highest BCUT2D eigenvalue weighted by Gasteiger charge is 2.35. The molecule has 5 nitrogen and oxygen atoms in total. The molecule has 1 aliphatic heterocycles. The van der Waals surface area contributed by atoms with Crippen LogP contribution < -0.4 is 0 Å². The van der Waals surface area contributed by atoms with Crippen LogP contribution in [0.1, 0.15) is 34.4 Å². The monoisotopic (exact) mass is 381 g/mol. The van der Waals surface area contributed by atoms with Crippen LogP contribution in [0.5, 0.6) is 0 Å². The topological polar surface area (TPSA) is 66.3 Å². The van der Waals surface area contributed by atoms with Gasteiger partial charge in [-0.3, -0.25) is 9.78 Å². The maximum absolute atomic E-state index is 12.8. The molecule has 1 aromatic carbocycles. The number of carbonyl (C=O) groups excluding carboxylic acids is 1. The van der Waals surface area contributed by atoms with E-state index in [4.69, 9.17) is 0 Å². The average Bonchev–Trinajstić information content (AvgIpc) is 3.29. The van der Waals surface area contributed by atoms with E-state index >= 15 is 0 Å². The van der Waals surface area contributed by atoms with E-state index in [0.29, 0.717) is 18.8 Å². The highest BCUT2D eigenvalue weighted by Crippen LogP contribution is 2.26. The lowest BCUT2D eigenvalue weighted by Gasteiger charge is -2.15. The van der Waals surface area contributed by atoms with E-state index in [-0.39, 0.29) is 11.8 Å². The van der Waals surface area contributed by atoms with E-state index in [1.165, 1.54) is 11.3 Å². The van der Waals surface area contributed by atoms with E-state index in [9.17, 15) is 9.90 Å². The van der Waals surface area contributed by atoms with Crippen LogP contribution in [-0.2, 0) is 12.8 Å². The molecule has 2 unspecified atom stereocenters. The highest BCUT2D eigenvalue weighted by molar-refractivity contribution is 7.09. The number of aryl methyl sites for hydroxylation is 1. The molecule has 1 saturated heterocycles. The summed E-state index contributed by atoms with van der Waals surface area (Å²) in [6.07, 6.45) is 3.94. The summed E-state index contributed by atoms with van der Waals surface area (Å²) in [5, 5.41) is 14.5. The third-order valence-corrected chi connectivity index (χ3v) is 6.06. The molecule has 3 heterocycles. The average molecular weight is 382 g/mol. The summed E-state index contributed by atoms with van der Waals surface area (Å²) in [7, 11) is 0. The Balaban J connectivity index is 1.48. The quantitative estimate of drug-likeness (QED) is 0.736. The van der Waals surface area contributed by atoms with Gasteiger partial charge in [-0.1, -0.05) is 25.1 Å². The zero-order valence-electron chi connectivity index (χ0n) is 15.3. The van der Waals surface area contributed by atoms with Gasteiger partial charge in [0.25, 0.3) is 5.91 Å². The third-order valence-electron chi connectivity index (χ3n) is 5.15. The number of aromatic nitrogens is 2. The van der Waals surface area contributed by atoms with Gasteiger partial charge in [0.1, 0.15) is 5.69 Å². The Morgan fingerprint density at radius 2 is 2.15 bits per heavy atom. The van der Waals surface area contributed by atoms with Crippen LogP contribution in [0.3, 0.4) is 0 Å². The molecular formula is C21H23N3O2S. The molecule has 27 heavy (non-hydrogen) atoms. The van der Waals surface area contributed by atoms with E-state index in [2.05, 4.69) is 23.0 Å². The maximum atomic E-state index is 12.8. The number of aliphatic hydroxyl groups excluding tert-OH is 1. The standard InChI is InChI=1S/C21H23N3O2S/c1-2-5-20-23-18(13-27-20)21(26)24-11-15(19(25)12-24)10-14-8-9-22-17-7-4-3-6-16(14)17/h3-4,6-9,13,15,19,25H,2,5,10-12H2,1H3. The smallest absolute Gasteiger partial charge is 0.273 e. The molecule has 1 fully saturated rings. The molecule has 1 N–H and O–H groups in total. The van der Waals surface area contributed by atoms with Crippen molar-refractivity contribution in [2.75, 3.05) is 13.1 Å². The fraction of sp³-hybridized carbons (Fsp3) is 0.381. The van der Waals surface area contributed by atoms with E-state index < -0.39 is 6.10 Å². The van der Waals surface area contributed by atoms with Crippen molar-refractivity contribution in [1.29, 1.82) is 0 Å². The first-order valence-corrected chi connectivity index (χ1v) is 10.3. The lowest BCUT2D eigenvalue weighted by molar-refractivity contribution is 0.0759. The molecular weight excluding hydrogens is 358 g/mol. The number of fused-ring (bicyclic) bond motifs is 1. The summed E-state index contributed by atoms with van der Waals surface area (Å²) < 4.78 is 0. The molecule has 1 aliphatic rings. The Bertz CT molecular complexity index is 950. The predicted octanol–water partition coefficient (Wildman–Crippen LogP) is 3.32. The summed E-state index contributed by atoms with van der Waals surface area (Å²) in [6, 6.07) is 10.1. The van der Waals surface area contributed by atoms with Gasteiger partial charge in [0.15, 0.2) is 0 Å². The molecule has 2 atom stereocenters. The molecule has 3 aromatic rings. The van der Waals surface area contributed by atoms with Gasteiger partial charge in [-0.05, 0) is 37.0 Å². The lowest BCUT2D eigenvalue weighted by atomic mass is 9.94. The SMILES string of the molecule is CCCc1nc(C(=O)N2CC(O)C(Cc3ccnc4ccccc34)C2)cs1. The first-order chi connectivity index (χ1) is 13.2. The van der Waals surface area contributed by atoms with Crippen molar-refractivity contribution in [2.24, 2.45) is 5.92 Å². The number of hydrogen-bond donors (Lipinski definition) is 1. The number of hydrogen-bond acceptors (Lipinski definition) is 5. The van der Waals surface area contributed by atoms with Gasteiger partial charge in [-0.25, -0.2) is 4.98 Å². The molecule has 6 heteroatoms. The zero-order chi connectivity index (χ0) is 18.8. The Morgan fingerprint density at radius 1 is 1.30 bits per heavy atom. The molecule has 0 radical (unpaired) electrons. The van der Waals surface area contributed by atoms with Crippen molar-refractivity contribution < 1.29 is 9.90 Å². The number of likely N-dealkylation sites (tertiary alicyclic amines) is 1. The van der Waals surface area contributed by atoms with Gasteiger partial charge < -0.3 is 10.0 Å². The minimum Gasteiger partial charge on any atom is -0.391 e. The Kier molecular flexibility index (Phi) is 5.18. The van der Waals surface area contributed by atoms with Crippen LogP contribution in [0.25, 0.3) is 10.9 Å². The molecule has 0 spiro atoms. The second-order valence-electron chi connectivity index (χ2n) is 7.11. The van der Waals surface area contributed by atoms with Crippen molar-refractivity contribution >= 4 is 28.1 Å². The predicted molar refractivity (Wildman–Crippen MR) is 107 cm³/mol. The van der Waals surface area contributed by atoms with Gasteiger partial charge in [0.2, 0.25) is 0 Å². The second kappa shape index (κ2) is 7.74. The number of carbonyl (C=O) groups is 1. The normalized spacial score (nSPS) is 19.7. The van der Waals surface area contributed by atoms with Crippen LogP contribution in [0, 0.1) is 5.92 Å². The van der Waals surface area contributed by atoms with Crippen LogP contribution >= 0.6 is 11.3 Å². The van der Waals surface area contributed by atoms with Crippen molar-refractivity contribution in [3.63, 3.8) is 0 Å². The van der Waals surface area contributed by atoms with Gasteiger partial charge in [0.05, 0.1) is 16.6 Å². The zero-order valence-corrected chi connectivity index (χ0v) is 16.2. The number of nitrogens with zero attached hydrogens (tertiary/aromatic N) is 3. The third kappa shape index (κ3) is 3.73. The van der Waals surface area contributed by atoms with Crippen molar-refractivity contribution in [3.8, 4) is 0 Å². The van der Waals surface area contributed by atoms with Gasteiger partial charge in [-0.2, -0.15) is 0 Å². The minimum absolute atomic E-state index is 0.0218. The number of pyridine rings is 1. The molecule has 2 aromatic heterocycles. The first-order valence-electron chi connectivity index (χ1n) is 9.40. The fourth-order valence-corrected chi connectivity index (χ4v) is 4.61. The molecule has 0 bridgehead atoms. The summed E-state index contributed by atoms with van der Waals surface area (Å²) in [5.41, 5.74) is 2.63. The van der Waals surface area contributed by atoms with E-state index in [1.807, 2.05) is 35.8 Å². The maximum Gasteiger partial charge on any atom is 0.273 e. The number of rotatable bonds is 5. The molecule has 1 amide bonds.